The number of hydrogen-bond donors (Lipinski definition) is 0. The number of allylic oxidation sites excluding steroid dienone is 4. The summed E-state index contributed by atoms with van der Waals surface area (Å²) in [5.74, 6) is 0. The van der Waals surface area contributed by atoms with Crippen LogP contribution in [0.2, 0.25) is 0 Å². The van der Waals surface area contributed by atoms with Gasteiger partial charge in [0.1, 0.15) is 0 Å². The van der Waals surface area contributed by atoms with Gasteiger partial charge in [-0.3, -0.25) is 20.4 Å². The third kappa shape index (κ3) is 207. The molecule has 0 fully saturated rings. The van der Waals surface area contributed by atoms with Crippen LogP contribution in [0.4, 0.5) is 0 Å². The third-order valence-electron chi connectivity index (χ3n) is 0.496. The van der Waals surface area contributed by atoms with E-state index in [2.05, 4.69) is 20.4 Å². The van der Waals surface area contributed by atoms with Gasteiger partial charge in [0.25, 0.3) is 0 Å². The van der Waals surface area contributed by atoms with E-state index in [4.69, 9.17) is 14.4 Å². The molecule has 0 amide bonds. The van der Waals surface area contributed by atoms with Crippen LogP contribution in [0.25, 0.3) is 0 Å². The smallest absolute Gasteiger partial charge is 0.545 e. The van der Waals surface area contributed by atoms with Crippen molar-refractivity contribution in [3.63, 3.8) is 0 Å². The molecule has 0 spiro atoms. The van der Waals surface area contributed by atoms with Crippen LogP contribution in [-0.4, -0.2) is 20.4 Å². The largest absolute Gasteiger partial charge is 3.00 e. The van der Waals surface area contributed by atoms with Crippen LogP contribution < -0.4 is 0 Å². The molecule has 0 saturated heterocycles. The summed E-state index contributed by atoms with van der Waals surface area (Å²) in [4.78, 5) is 23.2. The van der Waals surface area contributed by atoms with Crippen LogP contribution in [0.5, 0.6) is 0 Å². The van der Waals surface area contributed by atoms with Crippen molar-refractivity contribution in [3.05, 3.63) is 24.3 Å². The molecule has 0 aromatic rings. The van der Waals surface area contributed by atoms with Gasteiger partial charge < -0.3 is 14.4 Å². The van der Waals surface area contributed by atoms with Crippen LogP contribution in [0.1, 0.15) is 13.8 Å². The van der Waals surface area contributed by atoms with E-state index in [1.165, 1.54) is 0 Å². The molecule has 0 N–H and O–H groups in total. The fourth-order valence-electron chi connectivity index (χ4n) is 0.222. The summed E-state index contributed by atoms with van der Waals surface area (Å²) in [5.41, 5.74) is 0. The maximum atomic E-state index is 7.75. The average molecular weight is 270 g/mol. The van der Waals surface area contributed by atoms with E-state index in [0.29, 0.717) is 0 Å². The fourth-order valence-corrected chi connectivity index (χ4v) is 0.222. The molecular weight excluding hydrogens is 257 g/mol. The molecule has 3 nitrogen and oxygen atoms in total. The van der Waals surface area contributed by atoms with Crippen molar-refractivity contribution in [2.75, 3.05) is 0 Å². The van der Waals surface area contributed by atoms with Gasteiger partial charge in [-0.15, -0.1) is 0 Å². The first-order valence-corrected chi connectivity index (χ1v) is 2.86. The van der Waals surface area contributed by atoms with Crippen molar-refractivity contribution < 1.29 is 33.9 Å². The van der Waals surface area contributed by atoms with Crippen molar-refractivity contribution in [2.45, 2.75) is 13.8 Å². The first-order valence-electron chi connectivity index (χ1n) is 2.86. The normalized spacial score (nSPS) is 6.31. The first-order chi connectivity index (χ1) is 5.91. The zero-order valence-corrected chi connectivity index (χ0v) is 9.36. The molecule has 0 unspecified atom stereocenters. The minimum absolute atomic E-state index is 0. The molecule has 0 aliphatic carbocycles. The topological polar surface area (TPSA) is 51.2 Å². The van der Waals surface area contributed by atoms with E-state index in [9.17, 15) is 0 Å². The van der Waals surface area contributed by atoms with Gasteiger partial charge in [0.2, 0.25) is 0 Å². The zero-order chi connectivity index (χ0) is 10.8. The van der Waals surface area contributed by atoms with E-state index in [-0.39, 0.29) is 19.5 Å². The Hall–Kier alpha value is -0.887. The van der Waals surface area contributed by atoms with Gasteiger partial charge in [0.05, 0.1) is 0 Å². The summed E-state index contributed by atoms with van der Waals surface area (Å²) in [6, 6.07) is 0. The van der Waals surface area contributed by atoms with Crippen molar-refractivity contribution in [1.82, 2.24) is 0 Å². The standard InChI is InChI=1S/C6H10.3CHO.Ru/c1-3-5-6-4-2;3*1-2;/h3-6H,1-2H3;3*1H;/q;3*-1;+3. The van der Waals surface area contributed by atoms with Gasteiger partial charge in [-0.2, -0.15) is 0 Å². The van der Waals surface area contributed by atoms with Crippen molar-refractivity contribution in [3.8, 4) is 0 Å². The minimum Gasteiger partial charge on any atom is -0.545 e. The second kappa shape index (κ2) is 117. The molecule has 0 saturated carbocycles. The Balaban J connectivity index is -0.0000000263. The van der Waals surface area contributed by atoms with E-state index < -0.39 is 0 Å². The maximum Gasteiger partial charge on any atom is 3.00 e. The van der Waals surface area contributed by atoms with Gasteiger partial charge in [0.15, 0.2) is 0 Å². The fraction of sp³-hybridized carbons (Fsp3) is 0.222. The van der Waals surface area contributed by atoms with Gasteiger partial charge >= 0.3 is 19.5 Å². The van der Waals surface area contributed by atoms with Gasteiger partial charge in [-0.25, -0.2) is 0 Å². The second-order valence-electron chi connectivity index (χ2n) is 1.05. The van der Waals surface area contributed by atoms with Gasteiger partial charge in [-0.1, -0.05) is 24.3 Å². The number of hydrogen-bond acceptors (Lipinski definition) is 3. The molecular formula is C9H13O3Ru. The molecule has 0 atom stereocenters. The maximum absolute atomic E-state index is 7.75. The Kier molecular flexibility index (Phi) is 267. The summed E-state index contributed by atoms with van der Waals surface area (Å²) >= 11 is 0. The van der Waals surface area contributed by atoms with Gasteiger partial charge in [-0.05, 0) is 13.8 Å². The molecule has 0 bridgehead atoms. The summed E-state index contributed by atoms with van der Waals surface area (Å²) in [6.07, 6.45) is 8.00. The number of carbonyl (C=O) groups excluding carboxylic acids is 3. The summed E-state index contributed by atoms with van der Waals surface area (Å²) < 4.78 is 0. The van der Waals surface area contributed by atoms with Crippen LogP contribution in [0, 0.1) is 0 Å². The quantitative estimate of drug-likeness (QED) is 0.312. The molecule has 0 aromatic heterocycles. The molecule has 75 valence electrons. The van der Waals surface area contributed by atoms with Crippen LogP contribution in [0.3, 0.4) is 0 Å². The molecule has 0 heterocycles. The van der Waals surface area contributed by atoms with Gasteiger partial charge in [0, 0.05) is 0 Å². The predicted octanol–water partition coefficient (Wildman–Crippen LogP) is 1.31. The zero-order valence-electron chi connectivity index (χ0n) is 7.62. The van der Waals surface area contributed by atoms with E-state index in [0.717, 1.165) is 0 Å². The molecule has 1 radical (unpaired) electrons. The Bertz CT molecular complexity index is 88.3. The van der Waals surface area contributed by atoms with Crippen molar-refractivity contribution in [2.24, 2.45) is 0 Å². The predicted molar refractivity (Wildman–Crippen MR) is 49.9 cm³/mol. The summed E-state index contributed by atoms with van der Waals surface area (Å²) in [6.45, 7) is 13.8. The van der Waals surface area contributed by atoms with Crippen LogP contribution in [0.15, 0.2) is 24.3 Å². The average Bonchev–Trinajstić information content (AvgIpc) is 2.24. The monoisotopic (exact) mass is 271 g/mol. The Morgan fingerprint density at radius 2 is 0.846 bits per heavy atom. The molecule has 0 aliphatic rings. The van der Waals surface area contributed by atoms with E-state index in [1.54, 1.807) is 0 Å². The SMILES string of the molecule is CC=CC=CC.[CH-]=O.[CH-]=O.[CH-]=O.[Ru+3]. The first kappa shape index (κ1) is 29.6. The summed E-state index contributed by atoms with van der Waals surface area (Å²) in [7, 11) is 0. The van der Waals surface area contributed by atoms with Crippen molar-refractivity contribution >= 4 is 20.4 Å². The molecule has 0 rings (SSSR count). The molecule has 4 heteroatoms. The Labute approximate surface area is 92.7 Å². The second-order valence-corrected chi connectivity index (χ2v) is 1.05. The third-order valence-corrected chi connectivity index (χ3v) is 0.496. The van der Waals surface area contributed by atoms with E-state index in [1.807, 2.05) is 38.2 Å². The number of rotatable bonds is 1. The van der Waals surface area contributed by atoms with Crippen LogP contribution >= 0.6 is 0 Å². The van der Waals surface area contributed by atoms with E-state index >= 15 is 0 Å². The molecule has 13 heavy (non-hydrogen) atoms. The Morgan fingerprint density at radius 1 is 0.692 bits per heavy atom. The molecule has 0 aromatic carbocycles. The van der Waals surface area contributed by atoms with Crippen LogP contribution in [-0.2, 0) is 33.9 Å². The molecule has 0 aliphatic heterocycles. The van der Waals surface area contributed by atoms with Crippen molar-refractivity contribution in [1.29, 1.82) is 0 Å². The summed E-state index contributed by atoms with van der Waals surface area (Å²) in [5, 5.41) is 0. The minimum atomic E-state index is 0. The Morgan fingerprint density at radius 3 is 0.923 bits per heavy atom.